The van der Waals surface area contributed by atoms with Gasteiger partial charge in [0.15, 0.2) is 5.60 Å². The molecule has 2 aliphatic rings. The summed E-state index contributed by atoms with van der Waals surface area (Å²) in [6.45, 7) is 4.05. The zero-order valence-corrected chi connectivity index (χ0v) is 14.3. The van der Waals surface area contributed by atoms with Gasteiger partial charge in [0.05, 0.1) is 7.11 Å². The van der Waals surface area contributed by atoms with Crippen molar-refractivity contribution in [2.24, 2.45) is 5.92 Å². The van der Waals surface area contributed by atoms with E-state index in [-0.39, 0.29) is 12.0 Å². The third-order valence-corrected chi connectivity index (χ3v) is 5.55. The van der Waals surface area contributed by atoms with Crippen LogP contribution >= 0.6 is 22.6 Å². The molecular weight excluding hydrogens is 383 g/mol. The van der Waals surface area contributed by atoms with Crippen LogP contribution in [-0.4, -0.2) is 25.0 Å². The fourth-order valence-electron chi connectivity index (χ4n) is 3.09. The average Bonchev–Trinajstić information content (AvgIpc) is 2.75. The third-order valence-electron chi connectivity index (χ3n) is 4.53. The number of carbonyl (C=O) groups excluding carboxylic acids is 1. The lowest BCUT2D eigenvalue weighted by Crippen LogP contribution is -2.46. The number of hydrogen-bond acceptors (Lipinski definition) is 4. The summed E-state index contributed by atoms with van der Waals surface area (Å²) in [6, 6.07) is 7.99. The molecular formula is C16H17IO4. The molecule has 1 aromatic carbocycles. The minimum absolute atomic E-state index is 0.0722. The molecule has 0 spiro atoms. The van der Waals surface area contributed by atoms with Crippen LogP contribution in [0.25, 0.3) is 5.57 Å². The van der Waals surface area contributed by atoms with Crippen LogP contribution in [0.15, 0.2) is 27.8 Å². The van der Waals surface area contributed by atoms with Crippen molar-refractivity contribution in [3.8, 4) is 5.75 Å². The molecule has 5 heteroatoms. The zero-order valence-electron chi connectivity index (χ0n) is 12.2. The second kappa shape index (κ2) is 5.19. The lowest BCUT2D eigenvalue weighted by Gasteiger charge is -2.39. The summed E-state index contributed by atoms with van der Waals surface area (Å²) in [5.41, 5.74) is 1.76. The van der Waals surface area contributed by atoms with Crippen molar-refractivity contribution in [1.82, 2.24) is 0 Å². The molecule has 21 heavy (non-hydrogen) atoms. The summed E-state index contributed by atoms with van der Waals surface area (Å²) in [5.74, 6) is 0.903. The van der Waals surface area contributed by atoms with Gasteiger partial charge >= 0.3 is 6.16 Å². The number of hydrogen-bond donors (Lipinski definition) is 0. The Morgan fingerprint density at radius 3 is 2.62 bits per heavy atom. The van der Waals surface area contributed by atoms with E-state index in [4.69, 9.17) is 14.2 Å². The van der Waals surface area contributed by atoms with Gasteiger partial charge in [-0.3, -0.25) is 0 Å². The molecule has 1 fully saturated rings. The molecule has 0 unspecified atom stereocenters. The largest absolute Gasteiger partial charge is 0.509 e. The second-order valence-corrected chi connectivity index (χ2v) is 6.92. The highest BCUT2D eigenvalue weighted by atomic mass is 127. The monoisotopic (exact) mass is 400 g/mol. The first-order valence-electron chi connectivity index (χ1n) is 6.88. The van der Waals surface area contributed by atoms with Gasteiger partial charge in [-0.1, -0.05) is 19.1 Å². The van der Waals surface area contributed by atoms with E-state index in [0.29, 0.717) is 6.42 Å². The molecule has 0 bridgehead atoms. The summed E-state index contributed by atoms with van der Waals surface area (Å²) in [4.78, 5) is 11.5. The summed E-state index contributed by atoms with van der Waals surface area (Å²) >= 11 is 2.35. The molecule has 112 valence electrons. The van der Waals surface area contributed by atoms with Gasteiger partial charge in [-0.2, -0.15) is 0 Å². The van der Waals surface area contributed by atoms with E-state index in [0.717, 1.165) is 11.3 Å². The van der Waals surface area contributed by atoms with Crippen molar-refractivity contribution < 1.29 is 19.0 Å². The Bertz CT molecular complexity index is 607. The first kappa shape index (κ1) is 14.7. The van der Waals surface area contributed by atoms with E-state index in [1.807, 2.05) is 31.2 Å². The lowest BCUT2D eigenvalue weighted by molar-refractivity contribution is 0.0134. The van der Waals surface area contributed by atoms with Crippen molar-refractivity contribution in [2.45, 2.75) is 32.0 Å². The van der Waals surface area contributed by atoms with Crippen LogP contribution in [0.2, 0.25) is 0 Å². The van der Waals surface area contributed by atoms with Crippen LogP contribution in [-0.2, 0) is 9.47 Å². The molecule has 4 nitrogen and oxygen atoms in total. The van der Waals surface area contributed by atoms with E-state index < -0.39 is 11.8 Å². The highest BCUT2D eigenvalue weighted by molar-refractivity contribution is 14.1. The number of methoxy groups -OCH3 is 1. The average molecular weight is 400 g/mol. The fourth-order valence-corrected chi connectivity index (χ4v) is 4.26. The molecule has 0 N–H and O–H groups in total. The van der Waals surface area contributed by atoms with Gasteiger partial charge in [-0.25, -0.2) is 4.79 Å². The van der Waals surface area contributed by atoms with Crippen LogP contribution < -0.4 is 4.74 Å². The highest BCUT2D eigenvalue weighted by Gasteiger charge is 2.55. The maximum atomic E-state index is 11.5. The number of benzene rings is 1. The Labute approximate surface area is 137 Å². The Morgan fingerprint density at radius 2 is 2.00 bits per heavy atom. The second-order valence-electron chi connectivity index (χ2n) is 5.62. The molecule has 3 rings (SSSR count). The SMILES string of the molecule is COc1ccc(C2=C(I)C[C@H]3OC(=O)O[C@@]3(C)[C@@H]2C)cc1. The van der Waals surface area contributed by atoms with Crippen LogP contribution in [0.4, 0.5) is 4.79 Å². The van der Waals surface area contributed by atoms with E-state index >= 15 is 0 Å². The topological polar surface area (TPSA) is 44.8 Å². The Hall–Kier alpha value is -1.24. The molecule has 0 saturated carbocycles. The first-order chi connectivity index (χ1) is 9.95. The van der Waals surface area contributed by atoms with E-state index in [9.17, 15) is 4.79 Å². The summed E-state index contributed by atoms with van der Waals surface area (Å²) in [5, 5.41) is 0. The molecule has 1 aromatic rings. The van der Waals surface area contributed by atoms with Crippen molar-refractivity contribution >= 4 is 34.3 Å². The van der Waals surface area contributed by atoms with Gasteiger partial charge in [-0.05, 0) is 56.4 Å². The molecule has 3 atom stereocenters. The number of ether oxygens (including phenoxy) is 3. The van der Waals surface area contributed by atoms with Crippen LogP contribution in [0.5, 0.6) is 5.75 Å². The van der Waals surface area contributed by atoms with Crippen molar-refractivity contribution in [3.63, 3.8) is 0 Å². The molecule has 0 radical (unpaired) electrons. The van der Waals surface area contributed by atoms with Gasteiger partial charge in [0.25, 0.3) is 0 Å². The zero-order chi connectivity index (χ0) is 15.2. The number of rotatable bonds is 2. The smallest absolute Gasteiger partial charge is 0.497 e. The van der Waals surface area contributed by atoms with E-state index in [1.165, 1.54) is 9.15 Å². The fraction of sp³-hybridized carbons (Fsp3) is 0.438. The number of fused-ring (bicyclic) bond motifs is 1. The molecule has 0 amide bonds. The molecule has 1 saturated heterocycles. The normalized spacial score (nSPS) is 31.5. The summed E-state index contributed by atoms with van der Waals surface area (Å²) in [7, 11) is 1.65. The summed E-state index contributed by atoms with van der Waals surface area (Å²) in [6.07, 6.45) is -0.0578. The Balaban J connectivity index is 2.01. The van der Waals surface area contributed by atoms with Gasteiger partial charge in [0.1, 0.15) is 11.9 Å². The Morgan fingerprint density at radius 1 is 1.33 bits per heavy atom. The lowest BCUT2D eigenvalue weighted by atomic mass is 9.73. The van der Waals surface area contributed by atoms with Gasteiger partial charge in [0.2, 0.25) is 0 Å². The first-order valence-corrected chi connectivity index (χ1v) is 7.96. The van der Waals surface area contributed by atoms with E-state index in [1.54, 1.807) is 7.11 Å². The van der Waals surface area contributed by atoms with Gasteiger partial charge < -0.3 is 14.2 Å². The van der Waals surface area contributed by atoms with Gasteiger partial charge in [-0.15, -0.1) is 0 Å². The van der Waals surface area contributed by atoms with Crippen molar-refractivity contribution in [1.29, 1.82) is 0 Å². The van der Waals surface area contributed by atoms with Crippen molar-refractivity contribution in [3.05, 3.63) is 33.4 Å². The predicted octanol–water partition coefficient (Wildman–Crippen LogP) is 4.18. The minimum atomic E-state index is -0.596. The van der Waals surface area contributed by atoms with Crippen LogP contribution in [0.3, 0.4) is 0 Å². The molecule has 1 aliphatic heterocycles. The highest BCUT2D eigenvalue weighted by Crippen LogP contribution is 2.50. The summed E-state index contributed by atoms with van der Waals surface area (Å²) < 4.78 is 17.2. The minimum Gasteiger partial charge on any atom is -0.497 e. The predicted molar refractivity (Wildman–Crippen MR) is 87.5 cm³/mol. The van der Waals surface area contributed by atoms with Crippen LogP contribution in [0.1, 0.15) is 25.8 Å². The molecule has 0 aromatic heterocycles. The Kier molecular flexibility index (Phi) is 3.63. The number of halogens is 1. The quantitative estimate of drug-likeness (QED) is 0.552. The molecule has 1 heterocycles. The molecule has 1 aliphatic carbocycles. The maximum Gasteiger partial charge on any atom is 0.509 e. The maximum absolute atomic E-state index is 11.5. The van der Waals surface area contributed by atoms with E-state index in [2.05, 4.69) is 29.5 Å². The third kappa shape index (κ3) is 2.31. The van der Waals surface area contributed by atoms with Gasteiger partial charge in [0, 0.05) is 12.3 Å². The van der Waals surface area contributed by atoms with Crippen molar-refractivity contribution in [2.75, 3.05) is 7.11 Å². The number of carbonyl (C=O) groups is 1. The standard InChI is InChI=1S/C16H17IO4/c1-9-14(10-4-6-11(19-3)7-5-10)12(17)8-13-16(9,2)21-15(18)20-13/h4-7,9,13H,8H2,1-3H3/t9-,13-,16+/m1/s1. The van der Waals surface area contributed by atoms with Crippen LogP contribution in [0, 0.1) is 5.92 Å².